The summed E-state index contributed by atoms with van der Waals surface area (Å²) in [5.41, 5.74) is 4.81. The van der Waals surface area contributed by atoms with Crippen LogP contribution in [0.25, 0.3) is 0 Å². The van der Waals surface area contributed by atoms with E-state index in [2.05, 4.69) is 20.2 Å². The second-order valence-electron chi connectivity index (χ2n) is 6.72. The number of carbonyl (C=O) groups excluding carboxylic acids is 1. The van der Waals surface area contributed by atoms with Crippen molar-refractivity contribution in [1.82, 2.24) is 25.1 Å². The van der Waals surface area contributed by atoms with E-state index < -0.39 is 0 Å². The second kappa shape index (κ2) is 7.74. The molecule has 1 N–H and O–H groups in total. The molecule has 1 saturated heterocycles. The van der Waals surface area contributed by atoms with Crippen LogP contribution >= 0.6 is 0 Å². The Hall–Kier alpha value is -2.28. The first-order chi connectivity index (χ1) is 12.0. The first-order valence-corrected chi connectivity index (χ1v) is 8.66. The average Bonchev–Trinajstić information content (AvgIpc) is 2.78. The van der Waals surface area contributed by atoms with Gasteiger partial charge in [-0.05, 0) is 33.3 Å². The molecule has 0 bridgehead atoms. The molecule has 1 amide bonds. The number of aromatic nitrogens is 4. The Balaban J connectivity index is 1.66. The number of aromatic amines is 1. The lowest BCUT2D eigenvalue weighted by Gasteiger charge is -2.23. The van der Waals surface area contributed by atoms with Crippen LogP contribution in [0.5, 0.6) is 0 Å². The summed E-state index contributed by atoms with van der Waals surface area (Å²) >= 11 is 0. The summed E-state index contributed by atoms with van der Waals surface area (Å²) in [5.74, 6) is 0.370. The van der Waals surface area contributed by atoms with Crippen molar-refractivity contribution in [3.8, 4) is 0 Å². The van der Waals surface area contributed by atoms with Crippen LogP contribution in [0, 0.1) is 26.7 Å². The third-order valence-electron chi connectivity index (χ3n) is 4.66. The van der Waals surface area contributed by atoms with Crippen molar-refractivity contribution < 1.29 is 9.53 Å². The van der Waals surface area contributed by atoms with Gasteiger partial charge in [0, 0.05) is 41.7 Å². The number of nitrogens with zero attached hydrogens (tertiary/aromatic N) is 4. The van der Waals surface area contributed by atoms with E-state index in [0.717, 1.165) is 34.8 Å². The minimum Gasteiger partial charge on any atom is -0.379 e. The Kier molecular flexibility index (Phi) is 5.43. The van der Waals surface area contributed by atoms with Crippen molar-refractivity contribution in [3.63, 3.8) is 0 Å². The molecule has 0 saturated carbocycles. The predicted octanol–water partition coefficient (Wildman–Crippen LogP) is 1.39. The molecule has 2 aromatic heterocycles. The Morgan fingerprint density at radius 3 is 2.92 bits per heavy atom. The number of hydrogen-bond donors (Lipinski definition) is 1. The molecule has 0 aromatic carbocycles. The monoisotopic (exact) mass is 343 g/mol. The van der Waals surface area contributed by atoms with Crippen LogP contribution in [0.3, 0.4) is 0 Å². The predicted molar refractivity (Wildman–Crippen MR) is 93.1 cm³/mol. The van der Waals surface area contributed by atoms with E-state index in [-0.39, 0.29) is 11.8 Å². The third-order valence-corrected chi connectivity index (χ3v) is 4.66. The fraction of sp³-hybridized carbons (Fsp3) is 0.556. The summed E-state index contributed by atoms with van der Waals surface area (Å²) in [4.78, 5) is 23.2. The molecular formula is C18H25N5O2. The highest BCUT2D eigenvalue weighted by Crippen LogP contribution is 2.16. The minimum absolute atomic E-state index is 0.127. The molecule has 1 aliphatic rings. The SMILES string of the molecule is Cc1cc(CC2COCCN(C(=O)Cc3c(C)n[nH]c3C)C2)ncn1. The van der Waals surface area contributed by atoms with Gasteiger partial charge in [-0.3, -0.25) is 9.89 Å². The maximum Gasteiger partial charge on any atom is 0.227 e. The Morgan fingerprint density at radius 1 is 1.36 bits per heavy atom. The van der Waals surface area contributed by atoms with Gasteiger partial charge in [0.2, 0.25) is 5.91 Å². The first kappa shape index (κ1) is 17.5. The zero-order valence-corrected chi connectivity index (χ0v) is 15.1. The summed E-state index contributed by atoms with van der Waals surface area (Å²) in [7, 11) is 0. The van der Waals surface area contributed by atoms with Crippen molar-refractivity contribution in [2.45, 2.75) is 33.6 Å². The highest BCUT2D eigenvalue weighted by molar-refractivity contribution is 5.79. The topological polar surface area (TPSA) is 84.0 Å². The van der Waals surface area contributed by atoms with Gasteiger partial charge in [-0.2, -0.15) is 5.10 Å². The summed E-state index contributed by atoms with van der Waals surface area (Å²) in [6.45, 7) is 8.39. The molecule has 0 radical (unpaired) electrons. The average molecular weight is 343 g/mol. The van der Waals surface area contributed by atoms with Crippen LogP contribution in [0.1, 0.15) is 28.3 Å². The number of carbonyl (C=O) groups is 1. The largest absolute Gasteiger partial charge is 0.379 e. The van der Waals surface area contributed by atoms with Crippen LogP contribution in [-0.4, -0.2) is 57.3 Å². The molecule has 7 heteroatoms. The van der Waals surface area contributed by atoms with Crippen molar-refractivity contribution >= 4 is 5.91 Å². The van der Waals surface area contributed by atoms with E-state index in [1.54, 1.807) is 6.33 Å². The quantitative estimate of drug-likeness (QED) is 0.907. The van der Waals surface area contributed by atoms with E-state index in [1.165, 1.54) is 0 Å². The zero-order valence-electron chi connectivity index (χ0n) is 15.1. The van der Waals surface area contributed by atoms with Gasteiger partial charge in [0.1, 0.15) is 6.33 Å². The van der Waals surface area contributed by atoms with E-state index in [4.69, 9.17) is 4.74 Å². The molecule has 1 unspecified atom stereocenters. The first-order valence-electron chi connectivity index (χ1n) is 8.66. The molecule has 0 aliphatic carbocycles. The molecule has 0 spiro atoms. The number of amides is 1. The second-order valence-corrected chi connectivity index (χ2v) is 6.72. The number of hydrogen-bond acceptors (Lipinski definition) is 5. The van der Waals surface area contributed by atoms with E-state index in [9.17, 15) is 4.79 Å². The minimum atomic E-state index is 0.127. The molecule has 1 atom stereocenters. The van der Waals surface area contributed by atoms with E-state index in [1.807, 2.05) is 31.7 Å². The zero-order chi connectivity index (χ0) is 17.8. The summed E-state index contributed by atoms with van der Waals surface area (Å²) < 4.78 is 5.72. The molecule has 25 heavy (non-hydrogen) atoms. The van der Waals surface area contributed by atoms with Gasteiger partial charge in [0.05, 0.1) is 25.3 Å². The fourth-order valence-electron chi connectivity index (χ4n) is 3.25. The van der Waals surface area contributed by atoms with Crippen LogP contribution < -0.4 is 0 Å². The molecule has 1 aliphatic heterocycles. The van der Waals surface area contributed by atoms with Gasteiger partial charge in [-0.25, -0.2) is 9.97 Å². The molecule has 7 nitrogen and oxygen atoms in total. The van der Waals surface area contributed by atoms with Crippen molar-refractivity contribution in [1.29, 1.82) is 0 Å². The van der Waals surface area contributed by atoms with Crippen molar-refractivity contribution in [2.75, 3.05) is 26.3 Å². The van der Waals surface area contributed by atoms with Gasteiger partial charge < -0.3 is 9.64 Å². The lowest BCUT2D eigenvalue weighted by atomic mass is 10.0. The molecule has 3 heterocycles. The van der Waals surface area contributed by atoms with Gasteiger partial charge in [0.15, 0.2) is 0 Å². The van der Waals surface area contributed by atoms with E-state index >= 15 is 0 Å². The highest BCUT2D eigenvalue weighted by Gasteiger charge is 2.24. The fourth-order valence-corrected chi connectivity index (χ4v) is 3.25. The number of ether oxygens (including phenoxy) is 1. The maximum atomic E-state index is 12.8. The Morgan fingerprint density at radius 2 is 2.20 bits per heavy atom. The van der Waals surface area contributed by atoms with Crippen LogP contribution in [0.15, 0.2) is 12.4 Å². The Labute approximate surface area is 147 Å². The van der Waals surface area contributed by atoms with E-state index in [0.29, 0.717) is 32.7 Å². The van der Waals surface area contributed by atoms with Crippen LogP contribution in [0.4, 0.5) is 0 Å². The van der Waals surface area contributed by atoms with Gasteiger partial charge in [0.25, 0.3) is 0 Å². The molecule has 1 fully saturated rings. The highest BCUT2D eigenvalue weighted by atomic mass is 16.5. The van der Waals surface area contributed by atoms with Crippen LogP contribution in [-0.2, 0) is 22.4 Å². The molecule has 3 rings (SSSR count). The lowest BCUT2D eigenvalue weighted by molar-refractivity contribution is -0.130. The third kappa shape index (κ3) is 4.42. The molecule has 2 aromatic rings. The van der Waals surface area contributed by atoms with Gasteiger partial charge in [-0.15, -0.1) is 0 Å². The summed E-state index contributed by atoms with van der Waals surface area (Å²) in [5, 5.41) is 7.12. The number of rotatable bonds is 4. The van der Waals surface area contributed by atoms with Crippen molar-refractivity contribution in [3.05, 3.63) is 40.7 Å². The molecule has 134 valence electrons. The summed E-state index contributed by atoms with van der Waals surface area (Å²) in [6, 6.07) is 2.00. The number of aryl methyl sites for hydroxylation is 3. The number of nitrogens with one attached hydrogen (secondary N) is 1. The lowest BCUT2D eigenvalue weighted by Crippen LogP contribution is -2.37. The van der Waals surface area contributed by atoms with Crippen LogP contribution in [0.2, 0.25) is 0 Å². The van der Waals surface area contributed by atoms with Crippen molar-refractivity contribution in [2.24, 2.45) is 5.92 Å². The normalized spacial score (nSPS) is 18.2. The molecular weight excluding hydrogens is 318 g/mol. The number of H-pyrrole nitrogens is 1. The Bertz CT molecular complexity index is 723. The van der Waals surface area contributed by atoms with Gasteiger partial charge in [-0.1, -0.05) is 0 Å². The van der Waals surface area contributed by atoms with Gasteiger partial charge >= 0.3 is 0 Å². The standard InChI is InChI=1S/C18H25N5O2/c1-12-6-16(20-11-19-12)7-15-9-23(4-5-25-10-15)18(24)8-17-13(2)21-22-14(17)3/h6,11,15H,4-5,7-10H2,1-3H3,(H,21,22). The maximum absolute atomic E-state index is 12.8. The smallest absolute Gasteiger partial charge is 0.227 e. The summed E-state index contributed by atoms with van der Waals surface area (Å²) in [6.07, 6.45) is 2.76.